The average Bonchev–Trinajstić information content (AvgIpc) is 2.91. The SMILES string of the molecule is CCc1nn2c(=O)cc(CSCC(=O)N[C@@H](C)CC)nc2s1. The van der Waals surface area contributed by atoms with Crippen molar-refractivity contribution < 1.29 is 4.79 Å². The first-order valence-electron chi connectivity index (χ1n) is 7.29. The Bertz CT molecular complexity index is 710. The van der Waals surface area contributed by atoms with Crippen molar-refractivity contribution in [3.63, 3.8) is 0 Å². The Balaban J connectivity index is 1.97. The molecule has 6 nitrogen and oxygen atoms in total. The summed E-state index contributed by atoms with van der Waals surface area (Å²) in [7, 11) is 0. The van der Waals surface area contributed by atoms with Crippen LogP contribution in [0.2, 0.25) is 0 Å². The summed E-state index contributed by atoms with van der Waals surface area (Å²) < 4.78 is 1.34. The number of hydrogen-bond donors (Lipinski definition) is 1. The van der Waals surface area contributed by atoms with Gasteiger partial charge in [0.2, 0.25) is 10.9 Å². The molecule has 0 aliphatic carbocycles. The molecule has 8 heteroatoms. The van der Waals surface area contributed by atoms with E-state index in [9.17, 15) is 9.59 Å². The Morgan fingerprint density at radius 3 is 2.95 bits per heavy atom. The van der Waals surface area contributed by atoms with Crippen molar-refractivity contribution in [2.45, 2.75) is 45.4 Å². The van der Waals surface area contributed by atoms with Gasteiger partial charge in [-0.05, 0) is 19.8 Å². The zero-order valence-electron chi connectivity index (χ0n) is 13.0. The fourth-order valence-electron chi connectivity index (χ4n) is 1.78. The zero-order valence-corrected chi connectivity index (χ0v) is 14.6. The second-order valence-corrected chi connectivity index (χ2v) is 7.03. The fraction of sp³-hybridized carbons (Fsp3) is 0.571. The highest BCUT2D eigenvalue weighted by molar-refractivity contribution is 7.99. The van der Waals surface area contributed by atoms with Gasteiger partial charge in [-0.25, -0.2) is 4.98 Å². The van der Waals surface area contributed by atoms with Crippen LogP contribution in [0.1, 0.15) is 37.9 Å². The fourth-order valence-corrected chi connectivity index (χ4v) is 3.37. The van der Waals surface area contributed by atoms with E-state index in [2.05, 4.69) is 15.4 Å². The van der Waals surface area contributed by atoms with Crippen molar-refractivity contribution in [2.75, 3.05) is 5.75 Å². The van der Waals surface area contributed by atoms with E-state index in [1.165, 1.54) is 33.7 Å². The number of nitrogens with one attached hydrogen (secondary N) is 1. The highest BCUT2D eigenvalue weighted by Gasteiger charge is 2.09. The van der Waals surface area contributed by atoms with Gasteiger partial charge >= 0.3 is 0 Å². The Kier molecular flexibility index (Phi) is 5.96. The predicted molar refractivity (Wildman–Crippen MR) is 90.6 cm³/mol. The maximum atomic E-state index is 12.0. The molecule has 1 amide bonds. The largest absolute Gasteiger partial charge is 0.353 e. The molecular formula is C14H20N4O2S2. The standard InChI is InChI=1S/C14H20N4O2S2/c1-4-9(3)15-11(19)8-21-7-10-6-13(20)18-14(16-10)22-12(5-2)17-18/h6,9H,4-5,7-8H2,1-3H3,(H,15,19)/t9-/m0/s1. The number of carbonyl (C=O) groups is 1. The number of hydrogen-bond acceptors (Lipinski definition) is 6. The van der Waals surface area contributed by atoms with E-state index in [4.69, 9.17) is 0 Å². The smallest absolute Gasteiger partial charge is 0.275 e. The van der Waals surface area contributed by atoms with Crippen LogP contribution in [-0.4, -0.2) is 32.3 Å². The molecule has 2 aromatic rings. The van der Waals surface area contributed by atoms with Gasteiger partial charge in [0.1, 0.15) is 5.01 Å². The Morgan fingerprint density at radius 2 is 2.27 bits per heavy atom. The first-order chi connectivity index (χ1) is 10.5. The van der Waals surface area contributed by atoms with Gasteiger partial charge in [0.05, 0.1) is 11.4 Å². The number of thioether (sulfide) groups is 1. The minimum absolute atomic E-state index is 0.0169. The molecule has 2 heterocycles. The molecule has 0 fully saturated rings. The van der Waals surface area contributed by atoms with Crippen molar-refractivity contribution >= 4 is 34.0 Å². The van der Waals surface area contributed by atoms with Crippen LogP contribution in [0.5, 0.6) is 0 Å². The summed E-state index contributed by atoms with van der Waals surface area (Å²) in [5, 5.41) is 8.02. The number of rotatable bonds is 7. The molecule has 2 rings (SSSR count). The molecule has 0 saturated carbocycles. The number of amides is 1. The minimum Gasteiger partial charge on any atom is -0.353 e. The second-order valence-electron chi connectivity index (χ2n) is 5.00. The van der Waals surface area contributed by atoms with Gasteiger partial charge in [0, 0.05) is 17.9 Å². The van der Waals surface area contributed by atoms with E-state index >= 15 is 0 Å². The van der Waals surface area contributed by atoms with Crippen molar-refractivity contribution in [1.29, 1.82) is 0 Å². The van der Waals surface area contributed by atoms with Crippen molar-refractivity contribution in [2.24, 2.45) is 0 Å². The van der Waals surface area contributed by atoms with Gasteiger partial charge in [0.15, 0.2) is 0 Å². The van der Waals surface area contributed by atoms with Gasteiger partial charge in [0.25, 0.3) is 5.56 Å². The number of aryl methyl sites for hydroxylation is 1. The number of carbonyl (C=O) groups excluding carboxylic acids is 1. The third-order valence-electron chi connectivity index (χ3n) is 3.15. The molecule has 0 unspecified atom stereocenters. The molecular weight excluding hydrogens is 320 g/mol. The Morgan fingerprint density at radius 1 is 1.50 bits per heavy atom. The monoisotopic (exact) mass is 340 g/mol. The highest BCUT2D eigenvalue weighted by atomic mass is 32.2. The van der Waals surface area contributed by atoms with E-state index in [0.29, 0.717) is 22.2 Å². The van der Waals surface area contributed by atoms with Crippen LogP contribution < -0.4 is 10.9 Å². The molecule has 0 aliphatic heterocycles. The minimum atomic E-state index is -0.166. The molecule has 0 saturated heterocycles. The first-order valence-corrected chi connectivity index (χ1v) is 9.26. The molecule has 1 atom stereocenters. The molecule has 0 bridgehead atoms. The molecule has 120 valence electrons. The summed E-state index contributed by atoms with van der Waals surface area (Å²) in [6, 6.07) is 1.68. The molecule has 0 aliphatic rings. The topological polar surface area (TPSA) is 76.4 Å². The van der Waals surface area contributed by atoms with Crippen LogP contribution >= 0.6 is 23.1 Å². The highest BCUT2D eigenvalue weighted by Crippen LogP contribution is 2.14. The summed E-state index contributed by atoms with van der Waals surface area (Å²) in [6.07, 6.45) is 1.70. The van der Waals surface area contributed by atoms with Crippen LogP contribution in [0, 0.1) is 0 Å². The maximum Gasteiger partial charge on any atom is 0.275 e. The van der Waals surface area contributed by atoms with Gasteiger partial charge in [-0.15, -0.1) is 11.8 Å². The molecule has 22 heavy (non-hydrogen) atoms. The zero-order chi connectivity index (χ0) is 16.1. The van der Waals surface area contributed by atoms with Crippen molar-refractivity contribution in [1.82, 2.24) is 19.9 Å². The lowest BCUT2D eigenvalue weighted by Crippen LogP contribution is -2.33. The third kappa shape index (κ3) is 4.30. The molecule has 1 N–H and O–H groups in total. The van der Waals surface area contributed by atoms with Crippen LogP contribution in [0.3, 0.4) is 0 Å². The van der Waals surface area contributed by atoms with Crippen LogP contribution in [0.25, 0.3) is 4.96 Å². The Hall–Kier alpha value is -1.41. The maximum absolute atomic E-state index is 12.0. The summed E-state index contributed by atoms with van der Waals surface area (Å²) in [5.74, 6) is 0.927. The van der Waals surface area contributed by atoms with Crippen LogP contribution in [0.15, 0.2) is 10.9 Å². The first kappa shape index (κ1) is 17.0. The van der Waals surface area contributed by atoms with Gasteiger partial charge in [-0.3, -0.25) is 9.59 Å². The van der Waals surface area contributed by atoms with Crippen LogP contribution in [0.4, 0.5) is 0 Å². The molecule has 2 aromatic heterocycles. The lowest BCUT2D eigenvalue weighted by atomic mass is 10.3. The van der Waals surface area contributed by atoms with Gasteiger partial charge in [-0.1, -0.05) is 25.2 Å². The summed E-state index contributed by atoms with van der Waals surface area (Å²) in [5.41, 5.74) is 0.526. The van der Waals surface area contributed by atoms with Crippen molar-refractivity contribution in [3.05, 3.63) is 27.1 Å². The van der Waals surface area contributed by atoms with E-state index in [1.54, 1.807) is 0 Å². The number of fused-ring (bicyclic) bond motifs is 1. The third-order valence-corrected chi connectivity index (χ3v) is 5.16. The van der Waals surface area contributed by atoms with E-state index < -0.39 is 0 Å². The molecule has 0 radical (unpaired) electrons. The van der Waals surface area contributed by atoms with E-state index in [1.807, 2.05) is 20.8 Å². The lowest BCUT2D eigenvalue weighted by Gasteiger charge is -2.10. The quantitative estimate of drug-likeness (QED) is 0.832. The van der Waals surface area contributed by atoms with Gasteiger partial charge in [-0.2, -0.15) is 9.61 Å². The van der Waals surface area contributed by atoms with E-state index in [0.717, 1.165) is 17.8 Å². The lowest BCUT2D eigenvalue weighted by molar-refractivity contribution is -0.119. The summed E-state index contributed by atoms with van der Waals surface area (Å²) in [4.78, 5) is 28.7. The predicted octanol–water partition coefficient (Wildman–Crippen LogP) is 1.86. The number of aromatic nitrogens is 3. The van der Waals surface area contributed by atoms with Crippen molar-refractivity contribution in [3.8, 4) is 0 Å². The average molecular weight is 340 g/mol. The van der Waals surface area contributed by atoms with E-state index in [-0.39, 0.29) is 17.5 Å². The number of nitrogens with zero attached hydrogens (tertiary/aromatic N) is 3. The summed E-state index contributed by atoms with van der Waals surface area (Å²) >= 11 is 2.89. The van der Waals surface area contributed by atoms with Crippen LogP contribution in [-0.2, 0) is 17.0 Å². The molecule has 0 aromatic carbocycles. The second kappa shape index (κ2) is 7.73. The molecule has 0 spiro atoms. The Labute approximate surface area is 137 Å². The normalized spacial score (nSPS) is 12.5. The summed E-state index contributed by atoms with van der Waals surface area (Å²) in [6.45, 7) is 6.01. The van der Waals surface area contributed by atoms with Gasteiger partial charge < -0.3 is 5.32 Å².